The number of aryl methyl sites for hydroxylation is 1. The van der Waals surface area contributed by atoms with E-state index in [1.54, 1.807) is 0 Å². The highest BCUT2D eigenvalue weighted by atomic mass is 14.4. The minimum Gasteiger partial charge on any atom is -0.0654 e. The number of rotatable bonds is 16. The zero-order valence-corrected chi connectivity index (χ0v) is 20.1. The molecule has 0 spiro atoms. The molecule has 2 aromatic carbocycles. The Balaban J connectivity index is 2.18. The van der Waals surface area contributed by atoms with E-state index in [2.05, 4.69) is 75.4 Å². The standard InChI is InChI=1S/C30H46/c1-4-6-8-10-12-17-25-30(28-19-15-14-16-20-28,26-18-13-11-9-7-5-2)29-23-21-27(3)22-24-29/h14-16,19-24H,4-13,17-18,25-26H2,1-3H3. The van der Waals surface area contributed by atoms with Crippen LogP contribution in [0.5, 0.6) is 0 Å². The molecular formula is C30H46. The van der Waals surface area contributed by atoms with Gasteiger partial charge in [-0.3, -0.25) is 0 Å². The zero-order chi connectivity index (χ0) is 21.5. The van der Waals surface area contributed by atoms with Crippen LogP contribution in [0.1, 0.15) is 120 Å². The van der Waals surface area contributed by atoms with Crippen molar-refractivity contribution in [2.75, 3.05) is 0 Å². The van der Waals surface area contributed by atoms with Crippen LogP contribution in [-0.4, -0.2) is 0 Å². The summed E-state index contributed by atoms with van der Waals surface area (Å²) in [4.78, 5) is 0. The molecule has 0 fully saturated rings. The van der Waals surface area contributed by atoms with Gasteiger partial charge in [0.2, 0.25) is 0 Å². The Bertz CT molecular complexity index is 636. The molecule has 0 aliphatic carbocycles. The molecule has 0 atom stereocenters. The van der Waals surface area contributed by atoms with Crippen LogP contribution in [0.2, 0.25) is 0 Å². The molecule has 0 N–H and O–H groups in total. The van der Waals surface area contributed by atoms with Crippen LogP contribution in [0.25, 0.3) is 0 Å². The lowest BCUT2D eigenvalue weighted by atomic mass is 9.67. The Morgan fingerprint density at radius 1 is 0.500 bits per heavy atom. The number of benzene rings is 2. The Hall–Kier alpha value is -1.56. The smallest absolute Gasteiger partial charge is 0.0202 e. The molecule has 0 heteroatoms. The molecule has 30 heavy (non-hydrogen) atoms. The quantitative estimate of drug-likeness (QED) is 0.243. The monoisotopic (exact) mass is 406 g/mol. The minimum absolute atomic E-state index is 0.171. The maximum absolute atomic E-state index is 2.41. The van der Waals surface area contributed by atoms with Crippen LogP contribution in [0.4, 0.5) is 0 Å². The van der Waals surface area contributed by atoms with Gasteiger partial charge in [-0.2, -0.15) is 0 Å². The van der Waals surface area contributed by atoms with E-state index in [9.17, 15) is 0 Å². The maximum atomic E-state index is 2.41. The molecular weight excluding hydrogens is 360 g/mol. The number of hydrogen-bond donors (Lipinski definition) is 0. The Kier molecular flexibility index (Phi) is 11.9. The largest absolute Gasteiger partial charge is 0.0654 e. The van der Waals surface area contributed by atoms with Crippen molar-refractivity contribution in [3.8, 4) is 0 Å². The summed E-state index contributed by atoms with van der Waals surface area (Å²) >= 11 is 0. The van der Waals surface area contributed by atoms with E-state index in [1.165, 1.54) is 107 Å². The van der Waals surface area contributed by atoms with Crippen molar-refractivity contribution >= 4 is 0 Å². The molecule has 0 radical (unpaired) electrons. The van der Waals surface area contributed by atoms with Gasteiger partial charge in [0.15, 0.2) is 0 Å². The molecule has 0 amide bonds. The highest BCUT2D eigenvalue weighted by Crippen LogP contribution is 2.42. The molecule has 0 bridgehead atoms. The van der Waals surface area contributed by atoms with Crippen molar-refractivity contribution in [3.05, 3.63) is 71.3 Å². The summed E-state index contributed by atoms with van der Waals surface area (Å²) in [5.41, 5.74) is 4.59. The Labute approximate surface area is 187 Å². The zero-order valence-electron chi connectivity index (χ0n) is 20.1. The predicted molar refractivity (Wildman–Crippen MR) is 134 cm³/mol. The van der Waals surface area contributed by atoms with Gasteiger partial charge in [0.05, 0.1) is 0 Å². The molecule has 2 rings (SSSR count). The Morgan fingerprint density at radius 2 is 0.933 bits per heavy atom. The number of hydrogen-bond acceptors (Lipinski definition) is 0. The highest BCUT2D eigenvalue weighted by molar-refractivity contribution is 5.40. The number of unbranched alkanes of at least 4 members (excludes halogenated alkanes) is 10. The van der Waals surface area contributed by atoms with Gasteiger partial charge < -0.3 is 0 Å². The topological polar surface area (TPSA) is 0 Å². The summed E-state index contributed by atoms with van der Waals surface area (Å²) in [5.74, 6) is 0. The van der Waals surface area contributed by atoms with Crippen LogP contribution in [0.15, 0.2) is 54.6 Å². The van der Waals surface area contributed by atoms with Gasteiger partial charge >= 0.3 is 0 Å². The van der Waals surface area contributed by atoms with Crippen molar-refractivity contribution in [1.29, 1.82) is 0 Å². The predicted octanol–water partition coefficient (Wildman–Crippen LogP) is 9.78. The van der Waals surface area contributed by atoms with E-state index in [-0.39, 0.29) is 5.41 Å². The fourth-order valence-electron chi connectivity index (χ4n) is 4.91. The third-order valence-electron chi connectivity index (χ3n) is 6.84. The Morgan fingerprint density at radius 3 is 1.43 bits per heavy atom. The summed E-state index contributed by atoms with van der Waals surface area (Å²) in [6.07, 6.45) is 19.0. The molecule has 0 aliphatic rings. The van der Waals surface area contributed by atoms with Crippen LogP contribution < -0.4 is 0 Å². The lowest BCUT2D eigenvalue weighted by Crippen LogP contribution is -2.28. The summed E-state index contributed by atoms with van der Waals surface area (Å²) in [6, 6.07) is 20.9. The summed E-state index contributed by atoms with van der Waals surface area (Å²) in [5, 5.41) is 0. The molecule has 0 saturated carbocycles. The van der Waals surface area contributed by atoms with Gasteiger partial charge in [0.25, 0.3) is 0 Å². The van der Waals surface area contributed by atoms with Gasteiger partial charge in [0, 0.05) is 5.41 Å². The minimum atomic E-state index is 0.171. The van der Waals surface area contributed by atoms with Crippen molar-refractivity contribution < 1.29 is 0 Å². The fourth-order valence-corrected chi connectivity index (χ4v) is 4.91. The molecule has 2 aromatic rings. The van der Waals surface area contributed by atoms with Gasteiger partial charge in [0.1, 0.15) is 0 Å². The molecule has 0 aromatic heterocycles. The van der Waals surface area contributed by atoms with E-state index >= 15 is 0 Å². The molecule has 0 aliphatic heterocycles. The normalized spacial score (nSPS) is 11.7. The molecule has 0 saturated heterocycles. The lowest BCUT2D eigenvalue weighted by molar-refractivity contribution is 0.390. The van der Waals surface area contributed by atoms with Crippen LogP contribution >= 0.6 is 0 Å². The second-order valence-electron chi connectivity index (χ2n) is 9.35. The summed E-state index contributed by atoms with van der Waals surface area (Å²) < 4.78 is 0. The second kappa shape index (κ2) is 14.4. The van der Waals surface area contributed by atoms with E-state index in [0.717, 1.165) is 0 Å². The maximum Gasteiger partial charge on any atom is 0.0202 e. The first-order valence-electron chi connectivity index (χ1n) is 12.9. The first kappa shape index (κ1) is 24.7. The first-order chi connectivity index (χ1) is 14.7. The molecule has 166 valence electrons. The summed E-state index contributed by atoms with van der Waals surface area (Å²) in [6.45, 7) is 6.81. The first-order valence-corrected chi connectivity index (χ1v) is 12.9. The molecule has 0 heterocycles. The summed E-state index contributed by atoms with van der Waals surface area (Å²) in [7, 11) is 0. The van der Waals surface area contributed by atoms with Crippen molar-refractivity contribution in [2.45, 2.75) is 116 Å². The van der Waals surface area contributed by atoms with Gasteiger partial charge in [-0.05, 0) is 30.9 Å². The lowest BCUT2D eigenvalue weighted by Gasteiger charge is -2.36. The molecule has 0 nitrogen and oxygen atoms in total. The van der Waals surface area contributed by atoms with Crippen molar-refractivity contribution in [3.63, 3.8) is 0 Å². The second-order valence-corrected chi connectivity index (χ2v) is 9.35. The van der Waals surface area contributed by atoms with Crippen LogP contribution in [0.3, 0.4) is 0 Å². The SMILES string of the molecule is CCCCCCCCC(CCCCCCCC)(c1ccccc1)c1ccc(C)cc1. The van der Waals surface area contributed by atoms with E-state index in [1.807, 2.05) is 0 Å². The fraction of sp³-hybridized carbons (Fsp3) is 0.600. The molecule has 0 unspecified atom stereocenters. The third-order valence-corrected chi connectivity index (χ3v) is 6.84. The van der Waals surface area contributed by atoms with E-state index < -0.39 is 0 Å². The van der Waals surface area contributed by atoms with Gasteiger partial charge in [-0.25, -0.2) is 0 Å². The highest BCUT2D eigenvalue weighted by Gasteiger charge is 2.33. The van der Waals surface area contributed by atoms with Gasteiger partial charge in [-0.1, -0.05) is 151 Å². The van der Waals surface area contributed by atoms with E-state index in [4.69, 9.17) is 0 Å². The van der Waals surface area contributed by atoms with Crippen molar-refractivity contribution in [1.82, 2.24) is 0 Å². The average molecular weight is 407 g/mol. The van der Waals surface area contributed by atoms with Crippen LogP contribution in [-0.2, 0) is 5.41 Å². The van der Waals surface area contributed by atoms with E-state index in [0.29, 0.717) is 0 Å². The van der Waals surface area contributed by atoms with Crippen molar-refractivity contribution in [2.24, 2.45) is 0 Å². The van der Waals surface area contributed by atoms with Gasteiger partial charge in [-0.15, -0.1) is 0 Å². The average Bonchev–Trinajstić information content (AvgIpc) is 2.78. The third kappa shape index (κ3) is 7.93. The van der Waals surface area contributed by atoms with Crippen LogP contribution in [0, 0.1) is 6.92 Å².